The van der Waals surface area contributed by atoms with Crippen LogP contribution in [0.15, 0.2) is 0 Å². The number of carbonyl (C=O) groups is 3. The monoisotopic (exact) mass is 383 g/mol. The van der Waals surface area contributed by atoms with Crippen LogP contribution in [0.3, 0.4) is 0 Å². The van der Waals surface area contributed by atoms with Crippen LogP contribution in [0.1, 0.15) is 59.8 Å². The van der Waals surface area contributed by atoms with E-state index in [1.165, 1.54) is 6.42 Å². The maximum atomic E-state index is 12.5. The minimum absolute atomic E-state index is 0.0177. The Hall–Kier alpha value is -1.63. The Labute approximate surface area is 163 Å². The first-order chi connectivity index (χ1) is 12.8. The van der Waals surface area contributed by atoms with Gasteiger partial charge < -0.3 is 20.2 Å². The van der Waals surface area contributed by atoms with E-state index >= 15 is 0 Å². The molecule has 2 saturated heterocycles. The number of piperidine rings is 1. The quantitative estimate of drug-likeness (QED) is 0.732. The van der Waals surface area contributed by atoms with E-state index in [2.05, 4.69) is 33.0 Å². The molecular formula is C20H37N3O4. The van der Waals surface area contributed by atoms with Gasteiger partial charge in [0.25, 0.3) is 0 Å². The van der Waals surface area contributed by atoms with Gasteiger partial charge in [-0.25, -0.2) is 0 Å². The van der Waals surface area contributed by atoms with E-state index in [1.54, 1.807) is 9.80 Å². The molecule has 7 nitrogen and oxygen atoms in total. The smallest absolute Gasteiger partial charge is 0.303 e. The SMILES string of the molecule is CC(C)C[C@@H]1NCCN(CC(=O)N2CCC(CC(=O)O)CC2)C1=O.CCC. The summed E-state index contributed by atoms with van der Waals surface area (Å²) in [5, 5.41) is 12.1. The molecule has 0 saturated carbocycles. The van der Waals surface area contributed by atoms with E-state index in [-0.39, 0.29) is 36.7 Å². The highest BCUT2D eigenvalue weighted by Gasteiger charge is 2.32. The Bertz CT molecular complexity index is 488. The lowest BCUT2D eigenvalue weighted by Gasteiger charge is -2.36. The molecule has 0 aromatic carbocycles. The summed E-state index contributed by atoms with van der Waals surface area (Å²) < 4.78 is 0. The molecule has 7 heteroatoms. The molecule has 0 spiro atoms. The van der Waals surface area contributed by atoms with E-state index in [1.807, 2.05) is 0 Å². The van der Waals surface area contributed by atoms with Crippen molar-refractivity contribution in [3.8, 4) is 0 Å². The molecule has 2 fully saturated rings. The van der Waals surface area contributed by atoms with E-state index in [9.17, 15) is 14.4 Å². The topological polar surface area (TPSA) is 90.0 Å². The highest BCUT2D eigenvalue weighted by molar-refractivity contribution is 5.88. The van der Waals surface area contributed by atoms with Gasteiger partial charge in [-0.15, -0.1) is 0 Å². The Morgan fingerprint density at radius 2 is 1.78 bits per heavy atom. The number of nitrogens with one attached hydrogen (secondary N) is 1. The molecule has 0 bridgehead atoms. The van der Waals surface area contributed by atoms with E-state index in [4.69, 9.17) is 5.11 Å². The largest absolute Gasteiger partial charge is 0.481 e. The first-order valence-electron chi connectivity index (χ1n) is 10.3. The van der Waals surface area contributed by atoms with Gasteiger partial charge in [0.2, 0.25) is 11.8 Å². The van der Waals surface area contributed by atoms with Gasteiger partial charge in [0.1, 0.15) is 0 Å². The molecule has 0 aliphatic carbocycles. The molecule has 0 aromatic heterocycles. The number of carboxylic acid groups (broad SMARTS) is 1. The lowest BCUT2D eigenvalue weighted by atomic mass is 9.93. The van der Waals surface area contributed by atoms with Gasteiger partial charge in [0.05, 0.1) is 12.6 Å². The minimum Gasteiger partial charge on any atom is -0.481 e. The van der Waals surface area contributed by atoms with Crippen LogP contribution in [0, 0.1) is 11.8 Å². The van der Waals surface area contributed by atoms with Crippen LogP contribution in [-0.2, 0) is 14.4 Å². The second-order valence-corrected chi connectivity index (χ2v) is 8.03. The Morgan fingerprint density at radius 3 is 2.30 bits per heavy atom. The van der Waals surface area contributed by atoms with Crippen LogP contribution < -0.4 is 5.32 Å². The fourth-order valence-electron chi connectivity index (χ4n) is 3.50. The molecule has 2 rings (SSSR count). The Balaban J connectivity index is 0.00000114. The molecule has 2 amide bonds. The number of carbonyl (C=O) groups excluding carboxylic acids is 2. The summed E-state index contributed by atoms with van der Waals surface area (Å²) in [6.07, 6.45) is 3.66. The number of piperazine rings is 1. The second-order valence-electron chi connectivity index (χ2n) is 8.03. The third kappa shape index (κ3) is 8.28. The van der Waals surface area contributed by atoms with Crippen molar-refractivity contribution < 1.29 is 19.5 Å². The molecule has 2 aliphatic heterocycles. The van der Waals surface area contributed by atoms with Crippen LogP contribution in [0.5, 0.6) is 0 Å². The van der Waals surface area contributed by atoms with Gasteiger partial charge in [-0.05, 0) is 31.1 Å². The number of hydrogen-bond donors (Lipinski definition) is 2. The number of likely N-dealkylation sites (tertiary alicyclic amines) is 1. The van der Waals surface area contributed by atoms with Gasteiger partial charge in [-0.3, -0.25) is 14.4 Å². The lowest BCUT2D eigenvalue weighted by Crippen LogP contribution is -2.57. The zero-order valence-corrected chi connectivity index (χ0v) is 17.4. The van der Waals surface area contributed by atoms with Crippen molar-refractivity contribution in [1.29, 1.82) is 0 Å². The van der Waals surface area contributed by atoms with Gasteiger partial charge >= 0.3 is 5.97 Å². The number of aliphatic carboxylic acids is 1. The zero-order chi connectivity index (χ0) is 20.4. The highest BCUT2D eigenvalue weighted by Crippen LogP contribution is 2.21. The van der Waals surface area contributed by atoms with Crippen molar-refractivity contribution in [1.82, 2.24) is 15.1 Å². The van der Waals surface area contributed by atoms with Crippen molar-refractivity contribution in [2.24, 2.45) is 11.8 Å². The maximum absolute atomic E-state index is 12.5. The third-order valence-electron chi connectivity index (χ3n) is 4.85. The number of nitrogens with zero attached hydrogens (tertiary/aromatic N) is 2. The second kappa shape index (κ2) is 12.0. The third-order valence-corrected chi connectivity index (χ3v) is 4.85. The van der Waals surface area contributed by atoms with Crippen molar-refractivity contribution in [3.63, 3.8) is 0 Å². The summed E-state index contributed by atoms with van der Waals surface area (Å²) in [5.41, 5.74) is 0. The predicted octanol–water partition coefficient (Wildman–Crippen LogP) is 1.96. The van der Waals surface area contributed by atoms with Crippen LogP contribution in [0.4, 0.5) is 0 Å². The van der Waals surface area contributed by atoms with Gasteiger partial charge in [-0.1, -0.05) is 34.1 Å². The molecule has 2 heterocycles. The number of hydrogen-bond acceptors (Lipinski definition) is 4. The minimum atomic E-state index is -0.776. The first-order valence-corrected chi connectivity index (χ1v) is 10.3. The highest BCUT2D eigenvalue weighted by atomic mass is 16.4. The van der Waals surface area contributed by atoms with Crippen LogP contribution in [0.2, 0.25) is 0 Å². The van der Waals surface area contributed by atoms with Gasteiger partial charge in [0, 0.05) is 32.6 Å². The average molecular weight is 384 g/mol. The van der Waals surface area contributed by atoms with E-state index < -0.39 is 5.97 Å². The average Bonchev–Trinajstić information content (AvgIpc) is 2.59. The van der Waals surface area contributed by atoms with Gasteiger partial charge in [0.15, 0.2) is 0 Å². The molecule has 1 atom stereocenters. The van der Waals surface area contributed by atoms with Crippen molar-refractivity contribution in [3.05, 3.63) is 0 Å². The number of carboxylic acids is 1. The predicted molar refractivity (Wildman–Crippen MR) is 105 cm³/mol. The molecule has 0 unspecified atom stereocenters. The molecule has 0 radical (unpaired) electrons. The molecular weight excluding hydrogens is 346 g/mol. The van der Waals surface area contributed by atoms with Gasteiger partial charge in [-0.2, -0.15) is 0 Å². The summed E-state index contributed by atoms with van der Waals surface area (Å²) in [6.45, 7) is 11.0. The van der Waals surface area contributed by atoms with E-state index in [0.717, 1.165) is 25.8 Å². The number of amides is 2. The fourth-order valence-corrected chi connectivity index (χ4v) is 3.50. The summed E-state index contributed by atoms with van der Waals surface area (Å²) in [5.74, 6) is -0.202. The lowest BCUT2D eigenvalue weighted by molar-refractivity contribution is -0.144. The molecule has 2 aliphatic rings. The van der Waals surface area contributed by atoms with Crippen LogP contribution in [0.25, 0.3) is 0 Å². The molecule has 0 aromatic rings. The maximum Gasteiger partial charge on any atom is 0.303 e. The fraction of sp³-hybridized carbons (Fsp3) is 0.850. The summed E-state index contributed by atoms with van der Waals surface area (Å²) >= 11 is 0. The first kappa shape index (κ1) is 23.4. The van der Waals surface area contributed by atoms with Crippen LogP contribution >= 0.6 is 0 Å². The molecule has 27 heavy (non-hydrogen) atoms. The molecule has 156 valence electrons. The molecule has 2 N–H and O–H groups in total. The van der Waals surface area contributed by atoms with Crippen molar-refractivity contribution >= 4 is 17.8 Å². The zero-order valence-electron chi connectivity index (χ0n) is 17.4. The summed E-state index contributed by atoms with van der Waals surface area (Å²) in [7, 11) is 0. The normalized spacial score (nSPS) is 21.1. The Morgan fingerprint density at radius 1 is 1.19 bits per heavy atom. The number of rotatable bonds is 6. The van der Waals surface area contributed by atoms with Crippen LogP contribution in [-0.4, -0.2) is 71.5 Å². The Kier molecular flexibility index (Phi) is 10.4. The standard InChI is InChI=1S/C17H29N3O4.C3H8/c1-12(2)9-14-17(24)20(8-5-18-14)11-15(21)19-6-3-13(4-7-19)10-16(22)23;1-3-2/h12-14,18H,3-11H2,1-2H3,(H,22,23);3H2,1-2H3/t14-;/m0./s1. The van der Waals surface area contributed by atoms with E-state index in [0.29, 0.717) is 25.6 Å². The van der Waals surface area contributed by atoms with Crippen molar-refractivity contribution in [2.75, 3.05) is 32.7 Å². The van der Waals surface area contributed by atoms with Crippen molar-refractivity contribution in [2.45, 2.75) is 65.8 Å². The summed E-state index contributed by atoms with van der Waals surface area (Å²) in [6, 6.07) is -0.187. The summed E-state index contributed by atoms with van der Waals surface area (Å²) in [4.78, 5) is 39.1.